The molecule has 0 radical (unpaired) electrons. The van der Waals surface area contributed by atoms with Gasteiger partial charge in [-0.2, -0.15) is 0 Å². The second-order valence-electron chi connectivity index (χ2n) is 6.56. The fourth-order valence-electron chi connectivity index (χ4n) is 3.91. The van der Waals surface area contributed by atoms with E-state index in [-0.39, 0.29) is 0 Å². The molecule has 0 fully saturated rings. The summed E-state index contributed by atoms with van der Waals surface area (Å²) >= 11 is 0. The minimum Gasteiger partial charge on any atom is -0.344 e. The van der Waals surface area contributed by atoms with E-state index in [1.807, 2.05) is 12.4 Å². The van der Waals surface area contributed by atoms with E-state index >= 15 is 0 Å². The lowest BCUT2D eigenvalue weighted by Crippen LogP contribution is -1.92. The molecule has 26 heavy (non-hydrogen) atoms. The van der Waals surface area contributed by atoms with Gasteiger partial charge in [-0.25, -0.2) is 0 Å². The van der Waals surface area contributed by atoms with E-state index in [1.165, 1.54) is 38.0 Å². The van der Waals surface area contributed by atoms with Gasteiger partial charge in [-0.1, -0.05) is 60.7 Å². The summed E-state index contributed by atoms with van der Waals surface area (Å²) < 4.78 is 2.28. The van der Waals surface area contributed by atoms with Crippen LogP contribution >= 0.6 is 0 Å². The van der Waals surface area contributed by atoms with E-state index in [4.69, 9.17) is 0 Å². The maximum Gasteiger partial charge on any atom is 0.0488 e. The van der Waals surface area contributed by atoms with Crippen LogP contribution in [-0.2, 0) is 7.05 Å². The van der Waals surface area contributed by atoms with Crippen LogP contribution in [0.25, 0.3) is 43.4 Å². The van der Waals surface area contributed by atoms with Crippen LogP contribution in [0.4, 0.5) is 0 Å². The number of nitrogens with zero attached hydrogens (tertiary/aromatic N) is 2. The molecule has 2 heteroatoms. The van der Waals surface area contributed by atoms with Gasteiger partial charge in [-0.3, -0.25) is 4.98 Å². The predicted molar refractivity (Wildman–Crippen MR) is 111 cm³/mol. The topological polar surface area (TPSA) is 17.8 Å². The van der Waals surface area contributed by atoms with Crippen molar-refractivity contribution >= 4 is 43.4 Å². The van der Waals surface area contributed by atoms with E-state index in [9.17, 15) is 0 Å². The van der Waals surface area contributed by atoms with Gasteiger partial charge in [0, 0.05) is 46.6 Å². The van der Waals surface area contributed by atoms with Crippen LogP contribution in [0.3, 0.4) is 0 Å². The van der Waals surface area contributed by atoms with Crippen molar-refractivity contribution in [3.05, 3.63) is 91.3 Å². The summed E-state index contributed by atoms with van der Waals surface area (Å²) in [6, 6.07) is 27.9. The van der Waals surface area contributed by atoms with Crippen LogP contribution in [0, 0.1) is 0 Å². The molecular formula is C24H18N2. The first kappa shape index (κ1) is 14.9. The van der Waals surface area contributed by atoms with Crippen LogP contribution < -0.4 is 0 Å². The molecule has 3 aromatic carbocycles. The van der Waals surface area contributed by atoms with E-state index in [0.29, 0.717) is 0 Å². The highest BCUT2D eigenvalue weighted by Crippen LogP contribution is 2.31. The molecule has 0 spiro atoms. The molecule has 0 unspecified atom stereocenters. The lowest BCUT2D eigenvalue weighted by molar-refractivity contribution is 1.01. The Hall–Kier alpha value is -3.39. The average Bonchev–Trinajstić information content (AvgIpc) is 2.76. The van der Waals surface area contributed by atoms with Crippen LogP contribution in [0.1, 0.15) is 0 Å². The van der Waals surface area contributed by atoms with Crippen LogP contribution in [0.15, 0.2) is 91.3 Å². The quantitative estimate of drug-likeness (QED) is 0.332. The largest absolute Gasteiger partial charge is 0.344 e. The molecule has 5 aromatic rings. The van der Waals surface area contributed by atoms with Crippen molar-refractivity contribution in [3.63, 3.8) is 0 Å². The lowest BCUT2D eigenvalue weighted by Gasteiger charge is -2.07. The zero-order valence-corrected chi connectivity index (χ0v) is 14.6. The molecule has 0 aliphatic rings. The molecule has 2 heterocycles. The van der Waals surface area contributed by atoms with Gasteiger partial charge in [0.15, 0.2) is 0 Å². The van der Waals surface area contributed by atoms with Crippen LogP contribution in [0.5, 0.6) is 0 Å². The summed E-state index contributed by atoms with van der Waals surface area (Å²) in [6.07, 6.45) is 3.86. The fraction of sp³-hybridized carbons (Fsp3) is 0.0417. The number of benzene rings is 3. The zero-order valence-electron chi connectivity index (χ0n) is 14.6. The van der Waals surface area contributed by atoms with Gasteiger partial charge >= 0.3 is 0 Å². The number of para-hydroxylation sites is 2. The number of hydrogen-bond acceptors (Lipinski definition) is 1. The second-order valence-corrected chi connectivity index (χ2v) is 6.56. The number of fused-ring (bicyclic) bond motifs is 7. The Balaban J connectivity index is 2.31. The maximum atomic E-state index is 4.43. The Morgan fingerprint density at radius 2 is 1.00 bits per heavy atom. The van der Waals surface area contributed by atoms with Gasteiger partial charge in [0.1, 0.15) is 0 Å². The highest BCUT2D eigenvalue weighted by Gasteiger charge is 2.06. The molecule has 5 rings (SSSR count). The van der Waals surface area contributed by atoms with E-state index in [2.05, 4.69) is 95.5 Å². The molecule has 0 N–H and O–H groups in total. The summed E-state index contributed by atoms with van der Waals surface area (Å²) in [7, 11) is 2.14. The highest BCUT2D eigenvalue weighted by atomic mass is 14.9. The van der Waals surface area contributed by atoms with Crippen molar-refractivity contribution < 1.29 is 0 Å². The van der Waals surface area contributed by atoms with E-state index in [0.717, 1.165) is 5.39 Å². The molecule has 2 aromatic heterocycles. The molecule has 2 nitrogen and oxygen atoms in total. The maximum absolute atomic E-state index is 4.43. The number of rotatable bonds is 0. The number of aromatic nitrogens is 2. The Bertz CT molecular complexity index is 1240. The number of aryl methyl sites for hydroxylation is 1. The number of hydrogen-bond donors (Lipinski definition) is 0. The molecule has 0 atom stereocenters. The summed E-state index contributed by atoms with van der Waals surface area (Å²) in [6.45, 7) is 0. The third kappa shape index (κ3) is 2.16. The monoisotopic (exact) mass is 334 g/mol. The Morgan fingerprint density at radius 1 is 0.538 bits per heavy atom. The first-order valence-corrected chi connectivity index (χ1v) is 8.80. The molecule has 0 saturated carbocycles. The first-order valence-electron chi connectivity index (χ1n) is 8.80. The number of pyridine rings is 1. The van der Waals surface area contributed by atoms with Crippen LogP contribution in [-0.4, -0.2) is 9.55 Å². The van der Waals surface area contributed by atoms with Crippen molar-refractivity contribution in [2.75, 3.05) is 0 Å². The summed E-state index contributed by atoms with van der Waals surface area (Å²) in [5.41, 5.74) is 2.38. The van der Waals surface area contributed by atoms with Crippen molar-refractivity contribution in [1.82, 2.24) is 9.55 Å². The minimum absolute atomic E-state index is 1.16. The van der Waals surface area contributed by atoms with E-state index < -0.39 is 0 Å². The normalized spacial score (nSPS) is 11.3. The van der Waals surface area contributed by atoms with Gasteiger partial charge in [-0.15, -0.1) is 0 Å². The van der Waals surface area contributed by atoms with Gasteiger partial charge in [0.25, 0.3) is 0 Å². The Kier molecular flexibility index (Phi) is 3.36. The van der Waals surface area contributed by atoms with Crippen molar-refractivity contribution in [2.45, 2.75) is 0 Å². The predicted octanol–water partition coefficient (Wildman–Crippen LogP) is 6.16. The van der Waals surface area contributed by atoms with Crippen molar-refractivity contribution in [2.24, 2.45) is 7.05 Å². The SMILES string of the molecule is Cn1c2ccccc2c2ccccc2c2ccncc2c2ccccc21. The standard InChI is InChI=1S/C24H18N2/c1-26-23-12-6-4-10-20(23)18-9-3-2-8-17(18)19-14-15-25-16-22(19)21-11-5-7-13-24(21)26/h2-16H,1H3. The molecular weight excluding hydrogens is 316 g/mol. The zero-order chi connectivity index (χ0) is 17.5. The molecule has 0 saturated heterocycles. The minimum atomic E-state index is 1.16. The lowest BCUT2D eigenvalue weighted by atomic mass is 10.0. The summed E-state index contributed by atoms with van der Waals surface area (Å²) in [5.74, 6) is 0. The Morgan fingerprint density at radius 3 is 1.65 bits per heavy atom. The van der Waals surface area contributed by atoms with Gasteiger partial charge < -0.3 is 4.57 Å². The third-order valence-corrected chi connectivity index (χ3v) is 5.15. The van der Waals surface area contributed by atoms with E-state index in [1.54, 1.807) is 0 Å². The highest BCUT2D eigenvalue weighted by molar-refractivity contribution is 6.18. The second kappa shape index (κ2) is 5.85. The molecule has 124 valence electrons. The molecule has 0 aliphatic heterocycles. The molecule has 0 bridgehead atoms. The molecule has 0 aliphatic carbocycles. The summed E-state index contributed by atoms with van der Waals surface area (Å²) in [4.78, 5) is 4.43. The van der Waals surface area contributed by atoms with Gasteiger partial charge in [0.2, 0.25) is 0 Å². The molecule has 0 amide bonds. The third-order valence-electron chi connectivity index (χ3n) is 5.15. The average molecular weight is 334 g/mol. The van der Waals surface area contributed by atoms with Gasteiger partial charge in [-0.05, 0) is 34.4 Å². The summed E-state index contributed by atoms with van der Waals surface area (Å²) in [5, 5.41) is 7.30. The van der Waals surface area contributed by atoms with Crippen molar-refractivity contribution in [3.8, 4) is 0 Å². The Labute approximate surface area is 151 Å². The first-order chi connectivity index (χ1) is 12.8. The van der Waals surface area contributed by atoms with Crippen molar-refractivity contribution in [1.29, 1.82) is 0 Å². The smallest absolute Gasteiger partial charge is 0.0488 e. The van der Waals surface area contributed by atoms with Crippen LogP contribution in [0.2, 0.25) is 0 Å². The van der Waals surface area contributed by atoms with Gasteiger partial charge in [0.05, 0.1) is 0 Å². The fourth-order valence-corrected chi connectivity index (χ4v) is 3.91.